The number of methoxy groups -OCH3 is 1. The molecule has 1 amide bonds. The van der Waals surface area contributed by atoms with E-state index in [2.05, 4.69) is 46.7 Å². The summed E-state index contributed by atoms with van der Waals surface area (Å²) in [7, 11) is 1.64. The van der Waals surface area contributed by atoms with Crippen molar-refractivity contribution in [2.24, 2.45) is 0 Å². The summed E-state index contributed by atoms with van der Waals surface area (Å²) in [6.07, 6.45) is 2.92. The fourth-order valence-corrected chi connectivity index (χ4v) is 5.32. The first-order valence-electron chi connectivity index (χ1n) is 11.6. The third-order valence-corrected chi connectivity index (χ3v) is 7.51. The van der Waals surface area contributed by atoms with Gasteiger partial charge in [-0.1, -0.05) is 49.4 Å². The molecule has 0 bridgehead atoms. The van der Waals surface area contributed by atoms with Crippen LogP contribution in [0.2, 0.25) is 0 Å². The maximum absolute atomic E-state index is 13.0. The standard InChI is InChI=1S/C26H30N4O2S2/c1-3-18-8-10-19(11-9-18)21-6-4-5-7-22(21)28-24(31)23-16-34-25(29-23)20-12-14-30(15-13-20)26(33)27-17-32-2/h4-11,16,20H,3,12-15,17H2,1-2H3,(H,27,33)(H,28,31). The molecule has 1 aliphatic rings. The summed E-state index contributed by atoms with van der Waals surface area (Å²) in [6.45, 7) is 4.29. The van der Waals surface area contributed by atoms with Crippen LogP contribution in [0.1, 0.15) is 46.7 Å². The van der Waals surface area contributed by atoms with Crippen molar-refractivity contribution in [3.63, 3.8) is 0 Å². The average molecular weight is 495 g/mol. The summed E-state index contributed by atoms with van der Waals surface area (Å²) in [5, 5.41) is 9.77. The van der Waals surface area contributed by atoms with E-state index < -0.39 is 0 Å². The Kier molecular flexibility index (Phi) is 8.26. The molecule has 1 saturated heterocycles. The van der Waals surface area contributed by atoms with Gasteiger partial charge in [0.2, 0.25) is 0 Å². The number of anilines is 1. The third kappa shape index (κ3) is 5.81. The van der Waals surface area contributed by atoms with E-state index in [0.717, 1.165) is 59.3 Å². The topological polar surface area (TPSA) is 66.5 Å². The normalized spacial score (nSPS) is 14.1. The lowest BCUT2D eigenvalue weighted by Gasteiger charge is -2.33. The molecule has 0 aliphatic carbocycles. The second-order valence-corrected chi connectivity index (χ2v) is 9.57. The van der Waals surface area contributed by atoms with Crippen LogP contribution in [-0.2, 0) is 11.2 Å². The number of carbonyl (C=O) groups is 1. The fraction of sp³-hybridized carbons (Fsp3) is 0.346. The second-order valence-electron chi connectivity index (χ2n) is 8.30. The highest BCUT2D eigenvalue weighted by Crippen LogP contribution is 2.32. The van der Waals surface area contributed by atoms with Crippen molar-refractivity contribution >= 4 is 40.3 Å². The summed E-state index contributed by atoms with van der Waals surface area (Å²) in [5.74, 6) is 0.167. The number of amides is 1. The molecule has 3 aromatic rings. The number of thiazole rings is 1. The summed E-state index contributed by atoms with van der Waals surface area (Å²) in [4.78, 5) is 19.9. The molecule has 6 nitrogen and oxygen atoms in total. The number of hydrogen-bond acceptors (Lipinski definition) is 5. The molecule has 1 aliphatic heterocycles. The largest absolute Gasteiger partial charge is 0.365 e. The van der Waals surface area contributed by atoms with E-state index in [1.165, 1.54) is 5.56 Å². The first-order valence-corrected chi connectivity index (χ1v) is 12.8. The van der Waals surface area contributed by atoms with Crippen LogP contribution in [0.15, 0.2) is 53.9 Å². The molecular formula is C26H30N4O2S2. The molecule has 1 aromatic heterocycles. The molecule has 0 unspecified atom stereocenters. The summed E-state index contributed by atoms with van der Waals surface area (Å²) in [6, 6.07) is 16.4. The predicted molar refractivity (Wildman–Crippen MR) is 142 cm³/mol. The molecule has 0 radical (unpaired) electrons. The Morgan fingerprint density at radius 3 is 2.62 bits per heavy atom. The van der Waals surface area contributed by atoms with Gasteiger partial charge in [-0.25, -0.2) is 4.98 Å². The van der Waals surface area contributed by atoms with E-state index in [-0.39, 0.29) is 5.91 Å². The van der Waals surface area contributed by atoms with Gasteiger partial charge in [-0.3, -0.25) is 4.79 Å². The van der Waals surface area contributed by atoms with E-state index in [1.54, 1.807) is 18.4 Å². The van der Waals surface area contributed by atoms with Gasteiger partial charge in [-0.15, -0.1) is 11.3 Å². The van der Waals surface area contributed by atoms with Crippen molar-refractivity contribution in [3.05, 3.63) is 70.2 Å². The molecule has 8 heteroatoms. The molecule has 2 heterocycles. The van der Waals surface area contributed by atoms with E-state index in [0.29, 0.717) is 18.3 Å². The SMILES string of the molecule is CCc1ccc(-c2ccccc2NC(=O)c2csc(C3CCN(C(=S)NCOC)CC3)n2)cc1. The number of ether oxygens (including phenoxy) is 1. The maximum atomic E-state index is 13.0. The van der Waals surface area contributed by atoms with Gasteiger partial charge in [0.25, 0.3) is 5.91 Å². The van der Waals surface area contributed by atoms with Crippen LogP contribution in [0.25, 0.3) is 11.1 Å². The first-order chi connectivity index (χ1) is 16.6. The highest BCUT2D eigenvalue weighted by Gasteiger charge is 2.25. The number of nitrogens with zero attached hydrogens (tertiary/aromatic N) is 2. The third-order valence-electron chi connectivity index (χ3n) is 6.10. The minimum absolute atomic E-state index is 0.178. The number of piperidine rings is 1. The van der Waals surface area contributed by atoms with Crippen molar-refractivity contribution in [2.75, 3.05) is 32.2 Å². The van der Waals surface area contributed by atoms with Gasteiger partial charge in [0.1, 0.15) is 12.4 Å². The van der Waals surface area contributed by atoms with Crippen LogP contribution in [0.3, 0.4) is 0 Å². The Labute approximate surface area is 210 Å². The van der Waals surface area contributed by atoms with E-state index in [4.69, 9.17) is 21.9 Å². The molecule has 2 N–H and O–H groups in total. The molecule has 0 saturated carbocycles. The number of aromatic nitrogens is 1. The number of rotatable bonds is 7. The molecule has 0 atom stereocenters. The highest BCUT2D eigenvalue weighted by atomic mass is 32.1. The quantitative estimate of drug-likeness (QED) is 0.344. The Morgan fingerprint density at radius 2 is 1.91 bits per heavy atom. The highest BCUT2D eigenvalue weighted by molar-refractivity contribution is 7.80. The van der Waals surface area contributed by atoms with Crippen LogP contribution >= 0.6 is 23.6 Å². The lowest BCUT2D eigenvalue weighted by atomic mass is 9.98. The van der Waals surface area contributed by atoms with Crippen LogP contribution in [0.5, 0.6) is 0 Å². The van der Waals surface area contributed by atoms with Gasteiger partial charge >= 0.3 is 0 Å². The maximum Gasteiger partial charge on any atom is 0.275 e. The Hall–Kier alpha value is -2.81. The molecule has 0 spiro atoms. The Bertz CT molecular complexity index is 1120. The van der Waals surface area contributed by atoms with Gasteiger partial charge in [-0.2, -0.15) is 0 Å². The van der Waals surface area contributed by atoms with Gasteiger partial charge in [0.15, 0.2) is 5.11 Å². The summed E-state index contributed by atoms with van der Waals surface area (Å²) < 4.78 is 5.03. The number of benzene rings is 2. The van der Waals surface area contributed by atoms with Crippen molar-refractivity contribution in [1.82, 2.24) is 15.2 Å². The van der Waals surface area contributed by atoms with Gasteiger partial charge in [-0.05, 0) is 48.7 Å². The predicted octanol–water partition coefficient (Wildman–Crippen LogP) is 5.28. The van der Waals surface area contributed by atoms with Crippen LogP contribution < -0.4 is 10.6 Å². The number of thiocarbonyl (C=S) groups is 1. The van der Waals surface area contributed by atoms with E-state index >= 15 is 0 Å². The van der Waals surface area contributed by atoms with E-state index in [1.807, 2.05) is 29.6 Å². The number of hydrogen-bond donors (Lipinski definition) is 2. The number of carbonyl (C=O) groups excluding carboxylic acids is 1. The van der Waals surface area contributed by atoms with Crippen LogP contribution in [-0.4, -0.2) is 47.8 Å². The van der Waals surface area contributed by atoms with Gasteiger partial charge < -0.3 is 20.3 Å². The minimum Gasteiger partial charge on any atom is -0.365 e. The number of likely N-dealkylation sites (tertiary alicyclic amines) is 1. The van der Waals surface area contributed by atoms with Crippen LogP contribution in [0, 0.1) is 0 Å². The van der Waals surface area contributed by atoms with E-state index in [9.17, 15) is 4.79 Å². The molecule has 4 rings (SSSR count). The molecule has 178 valence electrons. The summed E-state index contributed by atoms with van der Waals surface area (Å²) in [5.41, 5.74) is 4.63. The zero-order valence-corrected chi connectivity index (χ0v) is 21.2. The average Bonchev–Trinajstić information content (AvgIpc) is 3.38. The zero-order valence-electron chi connectivity index (χ0n) is 19.5. The van der Waals surface area contributed by atoms with Crippen molar-refractivity contribution < 1.29 is 9.53 Å². The second kappa shape index (κ2) is 11.6. The van der Waals surface area contributed by atoms with Crippen molar-refractivity contribution in [2.45, 2.75) is 32.1 Å². The fourth-order valence-electron chi connectivity index (χ4n) is 4.10. The van der Waals surface area contributed by atoms with Gasteiger partial charge in [0, 0.05) is 42.7 Å². The number of nitrogens with one attached hydrogen (secondary N) is 2. The Morgan fingerprint density at radius 1 is 1.18 bits per heavy atom. The monoisotopic (exact) mass is 494 g/mol. The molecular weight excluding hydrogens is 464 g/mol. The van der Waals surface area contributed by atoms with Crippen molar-refractivity contribution in [3.8, 4) is 11.1 Å². The lowest BCUT2D eigenvalue weighted by molar-refractivity contribution is 0.102. The molecule has 34 heavy (non-hydrogen) atoms. The summed E-state index contributed by atoms with van der Waals surface area (Å²) >= 11 is 6.99. The number of para-hydroxylation sites is 1. The zero-order chi connectivity index (χ0) is 23.9. The lowest BCUT2D eigenvalue weighted by Crippen LogP contribution is -2.44. The number of aryl methyl sites for hydroxylation is 1. The first kappa shape index (κ1) is 24.3. The van der Waals surface area contributed by atoms with Gasteiger partial charge in [0.05, 0.1) is 5.01 Å². The minimum atomic E-state index is -0.178. The Balaban J connectivity index is 1.40. The smallest absolute Gasteiger partial charge is 0.275 e. The van der Waals surface area contributed by atoms with Crippen molar-refractivity contribution in [1.29, 1.82) is 0 Å². The molecule has 1 fully saturated rings. The molecule has 2 aromatic carbocycles. The van der Waals surface area contributed by atoms with Crippen LogP contribution in [0.4, 0.5) is 5.69 Å².